The molecular weight excluding hydrogens is 348 g/mol. The molecule has 0 bridgehead atoms. The molecule has 0 saturated heterocycles. The molecule has 2 heterocycles. The molecule has 1 aliphatic heterocycles. The van der Waals surface area contributed by atoms with Crippen LogP contribution in [0.15, 0.2) is 48.8 Å². The van der Waals surface area contributed by atoms with Gasteiger partial charge in [0.05, 0.1) is 0 Å². The summed E-state index contributed by atoms with van der Waals surface area (Å²) in [4.78, 5) is 17.8. The highest BCUT2D eigenvalue weighted by molar-refractivity contribution is 5.94. The number of fused-ring (bicyclic) bond motifs is 1. The van der Waals surface area contributed by atoms with Crippen LogP contribution in [0.25, 0.3) is 10.9 Å². The number of hydrogen-bond acceptors (Lipinski definition) is 2. The van der Waals surface area contributed by atoms with E-state index in [0.29, 0.717) is 12.5 Å². The van der Waals surface area contributed by atoms with Gasteiger partial charge >= 0.3 is 6.03 Å². The van der Waals surface area contributed by atoms with E-state index in [9.17, 15) is 4.79 Å². The van der Waals surface area contributed by atoms with E-state index in [1.165, 1.54) is 10.9 Å². The zero-order chi connectivity index (χ0) is 20.1. The van der Waals surface area contributed by atoms with Crippen LogP contribution in [-0.4, -0.2) is 34.5 Å². The van der Waals surface area contributed by atoms with Crippen molar-refractivity contribution in [3.63, 3.8) is 0 Å². The van der Waals surface area contributed by atoms with Gasteiger partial charge in [0.25, 0.3) is 0 Å². The second-order valence-corrected chi connectivity index (χ2v) is 8.32. The van der Waals surface area contributed by atoms with Crippen LogP contribution in [0.4, 0.5) is 10.5 Å². The maximum absolute atomic E-state index is 12.1. The summed E-state index contributed by atoms with van der Waals surface area (Å²) in [5, 5.41) is 6.95. The molecule has 1 aromatic heterocycles. The van der Waals surface area contributed by atoms with Crippen LogP contribution in [0.1, 0.15) is 52.0 Å². The first-order chi connectivity index (χ1) is 13.4. The van der Waals surface area contributed by atoms with Gasteiger partial charge < -0.3 is 20.5 Å². The second-order valence-electron chi connectivity index (χ2n) is 8.32. The Morgan fingerprint density at radius 3 is 2.82 bits per heavy atom. The molecule has 5 heteroatoms. The van der Waals surface area contributed by atoms with Gasteiger partial charge in [-0.15, -0.1) is 0 Å². The van der Waals surface area contributed by atoms with Gasteiger partial charge in [-0.1, -0.05) is 25.2 Å². The van der Waals surface area contributed by atoms with Crippen LogP contribution in [-0.2, 0) is 0 Å². The third-order valence-corrected chi connectivity index (χ3v) is 5.19. The number of aromatic nitrogens is 1. The summed E-state index contributed by atoms with van der Waals surface area (Å²) in [6, 6.07) is 5.84. The normalized spacial score (nSPS) is 17.4. The van der Waals surface area contributed by atoms with Crippen LogP contribution in [0, 0.1) is 0 Å². The maximum atomic E-state index is 12.1. The van der Waals surface area contributed by atoms with Gasteiger partial charge in [0, 0.05) is 47.3 Å². The van der Waals surface area contributed by atoms with Crippen LogP contribution in [0.5, 0.6) is 0 Å². The molecule has 0 aliphatic carbocycles. The smallest absolute Gasteiger partial charge is 0.319 e. The van der Waals surface area contributed by atoms with Crippen molar-refractivity contribution in [1.82, 2.24) is 15.2 Å². The third-order valence-electron chi connectivity index (χ3n) is 5.19. The van der Waals surface area contributed by atoms with E-state index >= 15 is 0 Å². The minimum Gasteiger partial charge on any atom is -0.373 e. The predicted octanol–water partition coefficient (Wildman–Crippen LogP) is 5.36. The average Bonchev–Trinajstić information content (AvgIpc) is 3.08. The fraction of sp³-hybridized carbons (Fsp3) is 0.435. The highest BCUT2D eigenvalue weighted by Crippen LogP contribution is 2.34. The molecular formula is C23H32N4O. The minimum absolute atomic E-state index is 0.151. The van der Waals surface area contributed by atoms with E-state index < -0.39 is 0 Å². The highest BCUT2D eigenvalue weighted by Gasteiger charge is 2.24. The number of urea groups is 1. The number of hydrogen-bond donors (Lipinski definition) is 3. The molecule has 2 amide bonds. The first kappa shape index (κ1) is 20.1. The van der Waals surface area contributed by atoms with Crippen molar-refractivity contribution >= 4 is 22.6 Å². The zero-order valence-electron chi connectivity index (χ0n) is 17.4. The number of carbonyl (C=O) groups excluding carboxylic acids is 1. The molecule has 150 valence electrons. The van der Waals surface area contributed by atoms with Crippen molar-refractivity contribution in [1.29, 1.82) is 0 Å². The van der Waals surface area contributed by atoms with Gasteiger partial charge in [0.2, 0.25) is 0 Å². The maximum Gasteiger partial charge on any atom is 0.319 e. The molecule has 3 rings (SSSR count). The lowest BCUT2D eigenvalue weighted by atomic mass is 9.91. The van der Waals surface area contributed by atoms with Crippen LogP contribution >= 0.6 is 0 Å². The van der Waals surface area contributed by atoms with Crippen molar-refractivity contribution in [3.05, 3.63) is 54.4 Å². The van der Waals surface area contributed by atoms with E-state index in [1.54, 1.807) is 0 Å². The van der Waals surface area contributed by atoms with Gasteiger partial charge in [-0.3, -0.25) is 0 Å². The summed E-state index contributed by atoms with van der Waals surface area (Å²) in [5.74, 6) is 0.385. The van der Waals surface area contributed by atoms with Crippen molar-refractivity contribution in [2.45, 2.75) is 52.0 Å². The standard InChI is InChI=1S/C23H32N4O/c1-5-6-7-12-24-22(28)26-18-8-9-21-19(15-18)20(16-25-21)17-10-13-27(14-11-17)23(2,3)4/h6-10,13,15-17,25H,5,11-12,14H2,1-4H3,(H2,24,26,28). The van der Waals surface area contributed by atoms with E-state index in [0.717, 1.165) is 30.6 Å². The summed E-state index contributed by atoms with van der Waals surface area (Å²) < 4.78 is 0. The van der Waals surface area contributed by atoms with Gasteiger partial charge in [0.1, 0.15) is 0 Å². The first-order valence-corrected chi connectivity index (χ1v) is 10.1. The van der Waals surface area contributed by atoms with Gasteiger partial charge in [-0.25, -0.2) is 4.79 Å². The topological polar surface area (TPSA) is 60.2 Å². The first-order valence-electron chi connectivity index (χ1n) is 10.1. The molecule has 3 N–H and O–H groups in total. The summed E-state index contributed by atoms with van der Waals surface area (Å²) >= 11 is 0. The molecule has 28 heavy (non-hydrogen) atoms. The Morgan fingerprint density at radius 2 is 2.14 bits per heavy atom. The number of aromatic amines is 1. The van der Waals surface area contributed by atoms with E-state index in [2.05, 4.69) is 72.8 Å². The number of benzene rings is 1. The molecule has 5 nitrogen and oxygen atoms in total. The Balaban J connectivity index is 1.73. The molecule has 0 fully saturated rings. The van der Waals surface area contributed by atoms with E-state index in [-0.39, 0.29) is 11.6 Å². The summed E-state index contributed by atoms with van der Waals surface area (Å²) in [5.41, 5.74) is 3.34. The van der Waals surface area contributed by atoms with Gasteiger partial charge in [0.15, 0.2) is 0 Å². The van der Waals surface area contributed by atoms with Gasteiger partial charge in [-0.2, -0.15) is 0 Å². The summed E-state index contributed by atoms with van der Waals surface area (Å²) in [6.45, 7) is 10.4. The van der Waals surface area contributed by atoms with E-state index in [4.69, 9.17) is 0 Å². The summed E-state index contributed by atoms with van der Waals surface area (Å²) in [7, 11) is 0. The molecule has 1 aliphatic rings. The molecule has 0 spiro atoms. The second kappa shape index (κ2) is 8.55. The van der Waals surface area contributed by atoms with Crippen molar-refractivity contribution in [2.24, 2.45) is 0 Å². The van der Waals surface area contributed by atoms with Crippen molar-refractivity contribution in [3.8, 4) is 0 Å². The molecule has 1 aromatic carbocycles. The average molecular weight is 381 g/mol. The van der Waals surface area contributed by atoms with Crippen LogP contribution in [0.3, 0.4) is 0 Å². The van der Waals surface area contributed by atoms with E-state index in [1.807, 2.05) is 24.3 Å². The van der Waals surface area contributed by atoms with Gasteiger partial charge in [-0.05, 0) is 63.6 Å². The monoisotopic (exact) mass is 380 g/mol. The zero-order valence-corrected chi connectivity index (χ0v) is 17.4. The lowest BCUT2D eigenvalue weighted by Crippen LogP contribution is -2.39. The van der Waals surface area contributed by atoms with Crippen molar-refractivity contribution < 1.29 is 4.79 Å². The lowest BCUT2D eigenvalue weighted by Gasteiger charge is -2.38. The highest BCUT2D eigenvalue weighted by atomic mass is 16.2. The molecule has 1 atom stereocenters. The lowest BCUT2D eigenvalue weighted by molar-refractivity contribution is 0.192. The number of amides is 2. The molecule has 0 radical (unpaired) electrons. The quantitative estimate of drug-likeness (QED) is 0.612. The Hall–Kier alpha value is -2.69. The number of rotatable bonds is 5. The number of H-pyrrole nitrogens is 1. The molecule has 0 saturated carbocycles. The minimum atomic E-state index is -0.185. The van der Waals surface area contributed by atoms with Crippen molar-refractivity contribution in [2.75, 3.05) is 18.4 Å². The van der Waals surface area contributed by atoms with Crippen LogP contribution < -0.4 is 10.6 Å². The number of carbonyl (C=O) groups is 1. The molecule has 1 unspecified atom stereocenters. The Bertz CT molecular complexity index is 872. The largest absolute Gasteiger partial charge is 0.373 e. The Labute approximate surface area is 167 Å². The number of nitrogens with zero attached hydrogens (tertiary/aromatic N) is 1. The Kier molecular flexibility index (Phi) is 6.12. The van der Waals surface area contributed by atoms with Crippen LogP contribution in [0.2, 0.25) is 0 Å². The fourth-order valence-electron chi connectivity index (χ4n) is 3.58. The number of allylic oxidation sites excluding steroid dienone is 2. The summed E-state index contributed by atoms with van der Waals surface area (Å²) in [6.07, 6.45) is 12.7. The fourth-order valence-corrected chi connectivity index (χ4v) is 3.58. The SMILES string of the molecule is CCC=CCNC(=O)Nc1ccc2[nH]cc(C3C=CN(C(C)(C)C)CC3)c2c1. The Morgan fingerprint density at radius 1 is 1.32 bits per heavy atom. The third kappa shape index (κ3) is 4.77. The number of nitrogens with one attached hydrogen (secondary N) is 3. The predicted molar refractivity (Wildman–Crippen MR) is 118 cm³/mol. The molecule has 2 aromatic rings. The number of anilines is 1.